The first-order valence-corrected chi connectivity index (χ1v) is 7.49. The van der Waals surface area contributed by atoms with E-state index in [1.807, 2.05) is 0 Å². The van der Waals surface area contributed by atoms with Crippen LogP contribution in [-0.2, 0) is 4.74 Å². The van der Waals surface area contributed by atoms with Crippen LogP contribution in [0, 0.1) is 0 Å². The van der Waals surface area contributed by atoms with Gasteiger partial charge in [0, 0.05) is 19.0 Å². The Morgan fingerprint density at radius 1 is 1.24 bits per heavy atom. The molecule has 2 rings (SSSR count). The van der Waals surface area contributed by atoms with Gasteiger partial charge in [-0.3, -0.25) is 0 Å². The average Bonchev–Trinajstić information content (AvgIpc) is 2.75. The molecule has 0 aromatic heterocycles. The summed E-state index contributed by atoms with van der Waals surface area (Å²) in [5, 5.41) is 33.4. The number of ether oxygens (including phenoxy) is 1. The van der Waals surface area contributed by atoms with E-state index in [9.17, 15) is 15.3 Å². The number of hydrogen-bond donors (Lipinski definition) is 4. The van der Waals surface area contributed by atoms with Gasteiger partial charge >= 0.3 is 0 Å². The van der Waals surface area contributed by atoms with Gasteiger partial charge in [0.05, 0.1) is 36.0 Å². The van der Waals surface area contributed by atoms with Crippen molar-refractivity contribution < 1.29 is 20.1 Å². The molecule has 2 atom stereocenters. The summed E-state index contributed by atoms with van der Waals surface area (Å²) >= 11 is 12.0. The maximum Gasteiger partial charge on any atom is 0.137 e. The lowest BCUT2D eigenvalue weighted by atomic mass is 9.83. The van der Waals surface area contributed by atoms with Crippen molar-refractivity contribution >= 4 is 23.2 Å². The molecule has 1 saturated heterocycles. The van der Waals surface area contributed by atoms with E-state index in [2.05, 4.69) is 5.32 Å². The van der Waals surface area contributed by atoms with E-state index in [0.717, 1.165) is 5.56 Å². The van der Waals surface area contributed by atoms with Crippen LogP contribution in [0.5, 0.6) is 0 Å². The van der Waals surface area contributed by atoms with E-state index in [4.69, 9.17) is 27.9 Å². The van der Waals surface area contributed by atoms with Crippen molar-refractivity contribution in [2.24, 2.45) is 0 Å². The number of benzene rings is 1. The third kappa shape index (κ3) is 3.68. The fraction of sp³-hybridized carbons (Fsp3) is 0.571. The maximum absolute atomic E-state index is 10.4. The number of halogens is 2. The largest absolute Gasteiger partial charge is 0.393 e. The molecular weight excluding hydrogens is 317 g/mol. The summed E-state index contributed by atoms with van der Waals surface area (Å²) in [5.41, 5.74) is -0.896. The molecule has 118 valence electrons. The number of aliphatic hydroxyl groups excluding tert-OH is 2. The molecule has 21 heavy (non-hydrogen) atoms. The van der Waals surface area contributed by atoms with Gasteiger partial charge in [-0.1, -0.05) is 29.3 Å². The van der Waals surface area contributed by atoms with Gasteiger partial charge in [-0.05, 0) is 17.7 Å². The molecule has 0 spiro atoms. The smallest absolute Gasteiger partial charge is 0.137 e. The molecule has 4 N–H and O–H groups in total. The van der Waals surface area contributed by atoms with Crippen LogP contribution in [0.1, 0.15) is 11.5 Å². The van der Waals surface area contributed by atoms with Crippen LogP contribution in [0.25, 0.3) is 0 Å². The topological polar surface area (TPSA) is 82.0 Å². The molecule has 7 heteroatoms. The SMILES string of the molecule is OCC(O)(CO)[C@H]1OCCNC[C@@H]1c1ccc(Cl)c(Cl)c1. The third-order valence-corrected chi connectivity index (χ3v) is 4.49. The summed E-state index contributed by atoms with van der Waals surface area (Å²) in [6, 6.07) is 5.20. The minimum Gasteiger partial charge on any atom is -0.393 e. The molecule has 5 nitrogen and oxygen atoms in total. The normalized spacial score (nSPS) is 23.9. The van der Waals surface area contributed by atoms with Gasteiger partial charge < -0.3 is 25.4 Å². The van der Waals surface area contributed by atoms with Crippen molar-refractivity contribution in [1.29, 1.82) is 0 Å². The zero-order valence-electron chi connectivity index (χ0n) is 11.4. The fourth-order valence-corrected chi connectivity index (χ4v) is 2.84. The van der Waals surface area contributed by atoms with Crippen molar-refractivity contribution in [2.75, 3.05) is 32.9 Å². The van der Waals surface area contributed by atoms with Crippen molar-refractivity contribution in [3.63, 3.8) is 0 Å². The summed E-state index contributed by atoms with van der Waals surface area (Å²) in [6.07, 6.45) is -0.750. The molecule has 1 fully saturated rings. The lowest BCUT2D eigenvalue weighted by Gasteiger charge is -2.37. The molecule has 0 radical (unpaired) electrons. The van der Waals surface area contributed by atoms with E-state index < -0.39 is 24.9 Å². The summed E-state index contributed by atoms with van der Waals surface area (Å²) in [5.74, 6) is -0.272. The van der Waals surface area contributed by atoms with Crippen molar-refractivity contribution in [3.8, 4) is 0 Å². The van der Waals surface area contributed by atoms with Gasteiger partial charge in [-0.25, -0.2) is 0 Å². The van der Waals surface area contributed by atoms with Gasteiger partial charge in [-0.2, -0.15) is 0 Å². The Hall–Kier alpha value is -0.400. The second-order valence-electron chi connectivity index (χ2n) is 5.20. The molecule has 1 heterocycles. The lowest BCUT2D eigenvalue weighted by molar-refractivity contribution is -0.156. The van der Waals surface area contributed by atoms with E-state index in [1.54, 1.807) is 18.2 Å². The number of nitrogens with one attached hydrogen (secondary N) is 1. The average molecular weight is 336 g/mol. The predicted octanol–water partition coefficient (Wildman–Crippen LogP) is 0.781. The summed E-state index contributed by atoms with van der Waals surface area (Å²) in [6.45, 7) is 0.356. The second-order valence-corrected chi connectivity index (χ2v) is 6.01. The predicted molar refractivity (Wildman–Crippen MR) is 80.9 cm³/mol. The zero-order chi connectivity index (χ0) is 15.5. The molecule has 1 aliphatic heterocycles. The van der Waals surface area contributed by atoms with Crippen molar-refractivity contribution in [2.45, 2.75) is 17.6 Å². The standard InChI is InChI=1S/C14H19Cl2NO4/c15-11-2-1-9(5-12(11)16)10-6-17-3-4-21-13(10)14(20,7-18)8-19/h1-2,5,10,13,17-20H,3-4,6-8H2/t10-,13+/m1/s1. The Bertz CT molecular complexity index is 482. The molecule has 0 aliphatic carbocycles. The quantitative estimate of drug-likeness (QED) is 0.653. The van der Waals surface area contributed by atoms with Crippen LogP contribution in [0.2, 0.25) is 10.0 Å². The van der Waals surface area contributed by atoms with Crippen LogP contribution in [0.3, 0.4) is 0 Å². The highest BCUT2D eigenvalue weighted by molar-refractivity contribution is 6.42. The maximum atomic E-state index is 10.4. The molecular formula is C14H19Cl2NO4. The van der Waals surface area contributed by atoms with E-state index >= 15 is 0 Å². The first-order valence-electron chi connectivity index (χ1n) is 6.73. The van der Waals surface area contributed by atoms with Crippen molar-refractivity contribution in [1.82, 2.24) is 5.32 Å². The van der Waals surface area contributed by atoms with Crippen LogP contribution in [-0.4, -0.2) is 59.9 Å². The van der Waals surface area contributed by atoms with E-state index in [0.29, 0.717) is 29.7 Å². The van der Waals surface area contributed by atoms with Gasteiger partial charge in [0.2, 0.25) is 0 Å². The van der Waals surface area contributed by atoms with E-state index in [-0.39, 0.29) is 5.92 Å². The van der Waals surface area contributed by atoms with E-state index in [1.165, 1.54) is 0 Å². The first-order chi connectivity index (χ1) is 10.0. The summed E-state index contributed by atoms with van der Waals surface area (Å²) in [4.78, 5) is 0. The monoisotopic (exact) mass is 335 g/mol. The molecule has 1 aromatic carbocycles. The Morgan fingerprint density at radius 2 is 1.95 bits per heavy atom. The second kappa shape index (κ2) is 7.24. The highest BCUT2D eigenvalue weighted by Crippen LogP contribution is 2.33. The number of rotatable bonds is 4. The Labute approximate surface area is 133 Å². The zero-order valence-corrected chi connectivity index (χ0v) is 12.9. The minimum absolute atomic E-state index is 0.272. The number of hydrogen-bond acceptors (Lipinski definition) is 5. The number of aliphatic hydroxyl groups is 3. The molecule has 0 unspecified atom stereocenters. The van der Waals surface area contributed by atoms with Gasteiger partial charge in [0.15, 0.2) is 0 Å². The van der Waals surface area contributed by atoms with Crippen molar-refractivity contribution in [3.05, 3.63) is 33.8 Å². The fourth-order valence-electron chi connectivity index (χ4n) is 2.53. The van der Waals surface area contributed by atoms with Crippen LogP contribution in [0.15, 0.2) is 18.2 Å². The Balaban J connectivity index is 2.37. The van der Waals surface area contributed by atoms with Crippen LogP contribution in [0.4, 0.5) is 0 Å². The molecule has 0 amide bonds. The van der Waals surface area contributed by atoms with Crippen LogP contribution < -0.4 is 5.32 Å². The minimum atomic E-state index is -1.72. The Kier molecular flexibility index (Phi) is 5.85. The van der Waals surface area contributed by atoms with Gasteiger partial charge in [0.1, 0.15) is 5.60 Å². The van der Waals surface area contributed by atoms with Gasteiger partial charge in [-0.15, -0.1) is 0 Å². The molecule has 0 bridgehead atoms. The summed E-state index contributed by atoms with van der Waals surface area (Å²) in [7, 11) is 0. The van der Waals surface area contributed by atoms with Crippen LogP contribution >= 0.6 is 23.2 Å². The summed E-state index contributed by atoms with van der Waals surface area (Å²) < 4.78 is 5.68. The van der Waals surface area contributed by atoms with Gasteiger partial charge in [0.25, 0.3) is 0 Å². The lowest BCUT2D eigenvalue weighted by Crippen LogP contribution is -2.53. The highest BCUT2D eigenvalue weighted by Gasteiger charge is 2.43. The third-order valence-electron chi connectivity index (χ3n) is 3.75. The first kappa shape index (κ1) is 17.0. The molecule has 1 aliphatic rings. The molecule has 0 saturated carbocycles. The Morgan fingerprint density at radius 3 is 2.57 bits per heavy atom. The molecule has 1 aromatic rings. The highest BCUT2D eigenvalue weighted by atomic mass is 35.5.